The molecule has 2 aliphatic heterocycles. The first-order valence-corrected chi connectivity index (χ1v) is 7.50. The third-order valence-electron chi connectivity index (χ3n) is 3.79. The molecule has 0 aromatic rings. The topological polar surface area (TPSA) is 33.6 Å². The number of nitrogens with zero attached hydrogens (tertiary/aromatic N) is 1. The molecule has 0 aromatic carbocycles. The number of thioether (sulfide) groups is 1. The zero-order chi connectivity index (χ0) is 12.3. The molecule has 0 saturated carbocycles. The molecule has 2 rings (SSSR count). The molecular formula is C13H24N2OS. The minimum Gasteiger partial charge on any atom is -0.381 e. The molecule has 2 aliphatic rings. The van der Waals surface area contributed by atoms with Crippen molar-refractivity contribution in [2.24, 2.45) is 16.3 Å². The van der Waals surface area contributed by atoms with Crippen molar-refractivity contribution < 1.29 is 4.74 Å². The number of hydrogen-bond acceptors (Lipinski definition) is 4. The van der Waals surface area contributed by atoms with Gasteiger partial charge < -0.3 is 10.1 Å². The van der Waals surface area contributed by atoms with E-state index in [-0.39, 0.29) is 0 Å². The lowest BCUT2D eigenvalue weighted by Crippen LogP contribution is -2.38. The number of nitrogens with one attached hydrogen (secondary N) is 1. The van der Waals surface area contributed by atoms with Crippen LogP contribution >= 0.6 is 11.8 Å². The number of aliphatic imine (C=N–C) groups is 1. The van der Waals surface area contributed by atoms with E-state index in [1.165, 1.54) is 0 Å². The van der Waals surface area contributed by atoms with Gasteiger partial charge in [-0.15, -0.1) is 0 Å². The fraction of sp³-hybridized carbons (Fsp3) is 0.923. The molecule has 0 bridgehead atoms. The highest BCUT2D eigenvalue weighted by atomic mass is 32.2. The summed E-state index contributed by atoms with van der Waals surface area (Å²) in [6.45, 7) is 10.7. The number of amidine groups is 1. The van der Waals surface area contributed by atoms with E-state index in [1.807, 2.05) is 11.8 Å². The molecule has 0 aliphatic carbocycles. The Morgan fingerprint density at radius 2 is 2.18 bits per heavy atom. The zero-order valence-corrected chi connectivity index (χ0v) is 12.0. The first-order chi connectivity index (χ1) is 8.09. The number of hydrogen-bond donors (Lipinski definition) is 1. The van der Waals surface area contributed by atoms with E-state index in [2.05, 4.69) is 31.1 Å². The second kappa shape index (κ2) is 5.61. The summed E-state index contributed by atoms with van der Waals surface area (Å²) in [6.07, 6.45) is 2.32. The summed E-state index contributed by atoms with van der Waals surface area (Å²) < 4.78 is 5.42. The van der Waals surface area contributed by atoms with Crippen molar-refractivity contribution in [1.82, 2.24) is 5.32 Å². The van der Waals surface area contributed by atoms with Crippen molar-refractivity contribution in [3.8, 4) is 0 Å². The molecule has 98 valence electrons. The van der Waals surface area contributed by atoms with Crippen LogP contribution in [0.5, 0.6) is 0 Å². The number of ether oxygens (including phenoxy) is 1. The average Bonchev–Trinajstić information content (AvgIpc) is 2.76. The Labute approximate surface area is 109 Å². The second-order valence-electron chi connectivity index (χ2n) is 5.82. The van der Waals surface area contributed by atoms with Crippen molar-refractivity contribution in [2.45, 2.75) is 38.9 Å². The van der Waals surface area contributed by atoms with E-state index in [4.69, 9.17) is 4.74 Å². The van der Waals surface area contributed by atoms with Crippen LogP contribution in [0.25, 0.3) is 0 Å². The average molecular weight is 256 g/mol. The Morgan fingerprint density at radius 3 is 2.76 bits per heavy atom. The van der Waals surface area contributed by atoms with Crippen molar-refractivity contribution >= 4 is 16.9 Å². The fourth-order valence-corrected chi connectivity index (χ4v) is 3.18. The van der Waals surface area contributed by atoms with Gasteiger partial charge >= 0.3 is 0 Å². The normalized spacial score (nSPS) is 28.2. The predicted octanol–water partition coefficient (Wildman–Crippen LogP) is 2.52. The van der Waals surface area contributed by atoms with E-state index in [1.54, 1.807) is 0 Å². The van der Waals surface area contributed by atoms with Gasteiger partial charge in [-0.25, -0.2) is 0 Å². The Hall–Kier alpha value is -0.220. The van der Waals surface area contributed by atoms with Gasteiger partial charge in [0.2, 0.25) is 0 Å². The smallest absolute Gasteiger partial charge is 0.156 e. The quantitative estimate of drug-likeness (QED) is 0.842. The maximum absolute atomic E-state index is 5.42. The van der Waals surface area contributed by atoms with Gasteiger partial charge in [-0.1, -0.05) is 32.5 Å². The Balaban J connectivity index is 1.75. The summed E-state index contributed by atoms with van der Waals surface area (Å²) in [4.78, 5) is 4.59. The van der Waals surface area contributed by atoms with E-state index in [0.717, 1.165) is 44.3 Å². The fourth-order valence-electron chi connectivity index (χ4n) is 2.17. The highest BCUT2D eigenvalue weighted by Gasteiger charge is 2.29. The van der Waals surface area contributed by atoms with Crippen molar-refractivity contribution in [2.75, 3.05) is 26.3 Å². The lowest BCUT2D eigenvalue weighted by Gasteiger charge is -2.33. The predicted molar refractivity (Wildman–Crippen MR) is 74.7 cm³/mol. The highest BCUT2D eigenvalue weighted by molar-refractivity contribution is 8.14. The minimum atomic E-state index is 0.386. The Kier molecular flexibility index (Phi) is 4.36. The molecule has 1 atom stereocenters. The molecule has 3 nitrogen and oxygen atoms in total. The molecule has 1 N–H and O–H groups in total. The van der Waals surface area contributed by atoms with Gasteiger partial charge in [0.15, 0.2) is 5.17 Å². The maximum atomic E-state index is 5.42. The van der Waals surface area contributed by atoms with Gasteiger partial charge in [0, 0.05) is 25.0 Å². The number of rotatable bonds is 3. The van der Waals surface area contributed by atoms with Crippen LogP contribution in [0.3, 0.4) is 0 Å². The van der Waals surface area contributed by atoms with Gasteiger partial charge in [0.25, 0.3) is 0 Å². The van der Waals surface area contributed by atoms with Crippen LogP contribution in [0.2, 0.25) is 0 Å². The van der Waals surface area contributed by atoms with Crippen LogP contribution in [-0.4, -0.2) is 36.7 Å². The summed E-state index contributed by atoms with van der Waals surface area (Å²) in [5.41, 5.74) is 0.386. The third-order valence-corrected chi connectivity index (χ3v) is 5.28. The SMILES string of the molecule is CC(C)C1CN=C(NCC2(C)CCOCC2)S1. The molecule has 0 aromatic heterocycles. The minimum absolute atomic E-state index is 0.386. The van der Waals surface area contributed by atoms with Crippen LogP contribution in [-0.2, 0) is 4.74 Å². The van der Waals surface area contributed by atoms with Crippen LogP contribution in [0.15, 0.2) is 4.99 Å². The van der Waals surface area contributed by atoms with E-state index in [0.29, 0.717) is 16.6 Å². The first kappa shape index (κ1) is 13.2. The monoisotopic (exact) mass is 256 g/mol. The van der Waals surface area contributed by atoms with Gasteiger partial charge in [-0.2, -0.15) is 0 Å². The molecule has 0 amide bonds. The van der Waals surface area contributed by atoms with E-state index >= 15 is 0 Å². The van der Waals surface area contributed by atoms with Crippen LogP contribution in [0, 0.1) is 11.3 Å². The summed E-state index contributed by atoms with van der Waals surface area (Å²) in [6, 6.07) is 0. The summed E-state index contributed by atoms with van der Waals surface area (Å²) in [7, 11) is 0. The summed E-state index contributed by atoms with van der Waals surface area (Å²) in [5, 5.41) is 5.35. The van der Waals surface area contributed by atoms with Crippen molar-refractivity contribution in [3.05, 3.63) is 0 Å². The van der Waals surface area contributed by atoms with Crippen molar-refractivity contribution in [1.29, 1.82) is 0 Å². The lowest BCUT2D eigenvalue weighted by molar-refractivity contribution is 0.0262. The van der Waals surface area contributed by atoms with Crippen molar-refractivity contribution in [3.63, 3.8) is 0 Å². The van der Waals surface area contributed by atoms with Gasteiger partial charge in [-0.05, 0) is 24.2 Å². The summed E-state index contributed by atoms with van der Waals surface area (Å²) in [5.74, 6) is 0.710. The van der Waals surface area contributed by atoms with Crippen LogP contribution in [0.4, 0.5) is 0 Å². The lowest BCUT2D eigenvalue weighted by atomic mass is 9.82. The largest absolute Gasteiger partial charge is 0.381 e. The highest BCUT2D eigenvalue weighted by Crippen LogP contribution is 2.30. The maximum Gasteiger partial charge on any atom is 0.156 e. The van der Waals surface area contributed by atoms with Gasteiger partial charge in [0.1, 0.15) is 0 Å². The molecule has 17 heavy (non-hydrogen) atoms. The zero-order valence-electron chi connectivity index (χ0n) is 11.2. The molecule has 0 radical (unpaired) electrons. The summed E-state index contributed by atoms with van der Waals surface area (Å²) >= 11 is 1.91. The molecule has 1 saturated heterocycles. The molecule has 2 heterocycles. The van der Waals surface area contributed by atoms with E-state index < -0.39 is 0 Å². The molecule has 0 spiro atoms. The molecule has 4 heteroatoms. The Morgan fingerprint density at radius 1 is 1.47 bits per heavy atom. The second-order valence-corrected chi connectivity index (χ2v) is 7.05. The van der Waals surface area contributed by atoms with E-state index in [9.17, 15) is 0 Å². The first-order valence-electron chi connectivity index (χ1n) is 6.62. The third kappa shape index (κ3) is 3.62. The molecule has 1 unspecified atom stereocenters. The van der Waals surface area contributed by atoms with Crippen LogP contribution < -0.4 is 5.32 Å². The van der Waals surface area contributed by atoms with Gasteiger partial charge in [0.05, 0.1) is 6.54 Å². The standard InChI is InChI=1S/C13H24N2OS/c1-10(2)11-8-14-12(17-11)15-9-13(3)4-6-16-7-5-13/h10-11H,4-9H2,1-3H3,(H,14,15). The molecule has 1 fully saturated rings. The molecular weight excluding hydrogens is 232 g/mol. The Bertz CT molecular complexity index is 285. The van der Waals surface area contributed by atoms with Gasteiger partial charge in [-0.3, -0.25) is 4.99 Å². The van der Waals surface area contributed by atoms with Crippen LogP contribution in [0.1, 0.15) is 33.6 Å².